The molecule has 0 radical (unpaired) electrons. The van der Waals surface area contributed by atoms with Crippen LogP contribution >= 0.6 is 0 Å². The summed E-state index contributed by atoms with van der Waals surface area (Å²) < 4.78 is 2.16. The van der Waals surface area contributed by atoms with Crippen molar-refractivity contribution in [2.75, 3.05) is 31.5 Å². The minimum absolute atomic E-state index is 0.0363. The highest BCUT2D eigenvalue weighted by Gasteiger charge is 2.24. The third-order valence-electron chi connectivity index (χ3n) is 6.96. The molecule has 1 N–H and O–H groups in total. The lowest BCUT2D eigenvalue weighted by Crippen LogP contribution is -2.49. The number of imidazole rings is 1. The highest BCUT2D eigenvalue weighted by atomic mass is 16.2. The number of nitrogens with one attached hydrogen (secondary N) is 1. The molecule has 1 saturated heterocycles. The Labute approximate surface area is 206 Å². The number of piperazine rings is 1. The largest absolute Gasteiger partial charge is 0.322 e. The Morgan fingerprint density at radius 1 is 0.971 bits per heavy atom. The lowest BCUT2D eigenvalue weighted by molar-refractivity contribution is 0.140. The summed E-state index contributed by atoms with van der Waals surface area (Å²) in [6.45, 7) is 9.93. The fraction of sp³-hybridized carbons (Fsp3) is 0.321. The molecule has 180 valence electrons. The third-order valence-corrected chi connectivity index (χ3v) is 6.96. The van der Waals surface area contributed by atoms with Gasteiger partial charge in [-0.15, -0.1) is 0 Å². The highest BCUT2D eigenvalue weighted by molar-refractivity contribution is 5.90. The Hall–Kier alpha value is -3.71. The van der Waals surface area contributed by atoms with Crippen molar-refractivity contribution in [2.45, 2.75) is 33.7 Å². The molecular formula is C28H32N6O. The standard InChI is InChI=1S/C28H32N6O/c1-4-22-10-12-23(13-11-22)34-26(30-25-9-6-14-29-27(25)34)19-32-15-17-33(18-16-32)28(35)31-24-8-5-7-20(2)21(24)3/h5-14H,4,15-19H2,1-3H3,(H,31,35). The van der Waals surface area contributed by atoms with Crippen LogP contribution in [0.3, 0.4) is 0 Å². The second kappa shape index (κ2) is 9.88. The van der Waals surface area contributed by atoms with Crippen molar-refractivity contribution in [2.24, 2.45) is 0 Å². The van der Waals surface area contributed by atoms with E-state index in [9.17, 15) is 4.79 Å². The number of aromatic nitrogens is 3. The number of aryl methyl sites for hydroxylation is 2. The average molecular weight is 469 g/mol. The number of hydrogen-bond acceptors (Lipinski definition) is 4. The second-order valence-electron chi connectivity index (χ2n) is 9.17. The Morgan fingerprint density at radius 3 is 2.49 bits per heavy atom. The van der Waals surface area contributed by atoms with Gasteiger partial charge in [0, 0.05) is 43.8 Å². The van der Waals surface area contributed by atoms with Gasteiger partial charge in [0.1, 0.15) is 11.3 Å². The van der Waals surface area contributed by atoms with Gasteiger partial charge in [-0.3, -0.25) is 9.47 Å². The van der Waals surface area contributed by atoms with Crippen molar-refractivity contribution in [3.8, 4) is 5.69 Å². The van der Waals surface area contributed by atoms with E-state index in [4.69, 9.17) is 4.98 Å². The van der Waals surface area contributed by atoms with Gasteiger partial charge in [0.15, 0.2) is 5.65 Å². The topological polar surface area (TPSA) is 66.3 Å². The molecule has 0 atom stereocenters. The molecular weight excluding hydrogens is 436 g/mol. The molecule has 3 heterocycles. The number of urea groups is 1. The molecule has 7 nitrogen and oxygen atoms in total. The normalized spacial score (nSPS) is 14.4. The zero-order valence-electron chi connectivity index (χ0n) is 20.7. The smallest absolute Gasteiger partial charge is 0.321 e. The number of fused-ring (bicyclic) bond motifs is 1. The maximum absolute atomic E-state index is 12.9. The van der Waals surface area contributed by atoms with Crippen LogP contribution in [0.15, 0.2) is 60.8 Å². The van der Waals surface area contributed by atoms with Crippen LogP contribution in [0.1, 0.15) is 29.4 Å². The number of benzene rings is 2. The minimum Gasteiger partial charge on any atom is -0.322 e. The van der Waals surface area contributed by atoms with E-state index >= 15 is 0 Å². The number of rotatable bonds is 5. The molecule has 2 aromatic carbocycles. The summed E-state index contributed by atoms with van der Waals surface area (Å²) in [5.41, 5.74) is 7.32. The predicted octanol–water partition coefficient (Wildman–Crippen LogP) is 4.95. The van der Waals surface area contributed by atoms with Gasteiger partial charge in [-0.2, -0.15) is 0 Å². The molecule has 35 heavy (non-hydrogen) atoms. The summed E-state index contributed by atoms with van der Waals surface area (Å²) in [5.74, 6) is 0.969. The van der Waals surface area contributed by atoms with Crippen LogP contribution < -0.4 is 5.32 Å². The molecule has 0 saturated carbocycles. The molecule has 0 spiro atoms. The van der Waals surface area contributed by atoms with Gasteiger partial charge in [0.2, 0.25) is 0 Å². The van der Waals surface area contributed by atoms with Gasteiger partial charge in [0.05, 0.1) is 6.54 Å². The van der Waals surface area contributed by atoms with Crippen molar-refractivity contribution >= 4 is 22.9 Å². The quantitative estimate of drug-likeness (QED) is 0.450. The van der Waals surface area contributed by atoms with Gasteiger partial charge in [0.25, 0.3) is 0 Å². The maximum Gasteiger partial charge on any atom is 0.321 e. The summed E-state index contributed by atoms with van der Waals surface area (Å²) in [7, 11) is 0. The van der Waals surface area contributed by atoms with Gasteiger partial charge in [-0.25, -0.2) is 14.8 Å². The lowest BCUT2D eigenvalue weighted by Gasteiger charge is -2.34. The molecule has 2 aromatic heterocycles. The number of carbonyl (C=O) groups excluding carboxylic acids is 1. The number of hydrogen-bond donors (Lipinski definition) is 1. The summed E-state index contributed by atoms with van der Waals surface area (Å²) in [5, 5.41) is 3.09. The highest BCUT2D eigenvalue weighted by Crippen LogP contribution is 2.23. The molecule has 0 unspecified atom stereocenters. The van der Waals surface area contributed by atoms with Gasteiger partial charge >= 0.3 is 6.03 Å². The van der Waals surface area contributed by atoms with E-state index in [0.717, 1.165) is 53.4 Å². The Kier molecular flexibility index (Phi) is 6.51. The first kappa shape index (κ1) is 23.1. The number of pyridine rings is 1. The van der Waals surface area contributed by atoms with E-state index in [1.807, 2.05) is 42.3 Å². The Bertz CT molecular complexity index is 1340. The Balaban J connectivity index is 1.29. The number of amides is 2. The molecule has 0 bridgehead atoms. The van der Waals surface area contributed by atoms with Crippen LogP contribution in [0.2, 0.25) is 0 Å². The number of carbonyl (C=O) groups is 1. The molecule has 1 fully saturated rings. The molecule has 1 aliphatic rings. The van der Waals surface area contributed by atoms with Crippen LogP contribution in [0.4, 0.5) is 10.5 Å². The van der Waals surface area contributed by atoms with Crippen LogP contribution in [0.5, 0.6) is 0 Å². The number of anilines is 1. The van der Waals surface area contributed by atoms with Gasteiger partial charge in [-0.1, -0.05) is 31.2 Å². The summed E-state index contributed by atoms with van der Waals surface area (Å²) in [6, 6.07) is 18.5. The third kappa shape index (κ3) is 4.77. The fourth-order valence-corrected chi connectivity index (χ4v) is 4.61. The molecule has 7 heteroatoms. The van der Waals surface area contributed by atoms with E-state index in [2.05, 4.69) is 63.9 Å². The zero-order valence-corrected chi connectivity index (χ0v) is 20.7. The molecule has 4 aromatic rings. The van der Waals surface area contributed by atoms with E-state index in [-0.39, 0.29) is 6.03 Å². The minimum atomic E-state index is -0.0363. The predicted molar refractivity (Wildman–Crippen MR) is 140 cm³/mol. The van der Waals surface area contributed by atoms with E-state index < -0.39 is 0 Å². The number of nitrogens with zero attached hydrogens (tertiary/aromatic N) is 5. The van der Waals surface area contributed by atoms with Crippen molar-refractivity contribution in [3.63, 3.8) is 0 Å². The van der Waals surface area contributed by atoms with E-state index in [1.54, 1.807) is 0 Å². The first-order chi connectivity index (χ1) is 17.0. The molecule has 0 aliphatic carbocycles. The summed E-state index contributed by atoms with van der Waals surface area (Å²) in [6.07, 6.45) is 2.83. The van der Waals surface area contributed by atoms with Crippen molar-refractivity contribution in [1.29, 1.82) is 0 Å². The van der Waals surface area contributed by atoms with Crippen molar-refractivity contribution in [1.82, 2.24) is 24.3 Å². The van der Waals surface area contributed by atoms with E-state index in [1.165, 1.54) is 11.1 Å². The molecule has 2 amide bonds. The average Bonchev–Trinajstić information content (AvgIpc) is 3.25. The van der Waals surface area contributed by atoms with Crippen LogP contribution in [0.25, 0.3) is 16.9 Å². The van der Waals surface area contributed by atoms with Gasteiger partial charge < -0.3 is 10.2 Å². The second-order valence-corrected chi connectivity index (χ2v) is 9.17. The lowest BCUT2D eigenvalue weighted by atomic mass is 10.1. The van der Waals surface area contributed by atoms with Gasteiger partial charge in [-0.05, 0) is 67.3 Å². The van der Waals surface area contributed by atoms with Crippen LogP contribution in [-0.4, -0.2) is 56.5 Å². The van der Waals surface area contributed by atoms with E-state index in [0.29, 0.717) is 19.6 Å². The molecule has 5 rings (SSSR count). The van der Waals surface area contributed by atoms with Crippen molar-refractivity contribution in [3.05, 3.63) is 83.3 Å². The first-order valence-corrected chi connectivity index (χ1v) is 12.3. The maximum atomic E-state index is 12.9. The fourth-order valence-electron chi connectivity index (χ4n) is 4.61. The van der Waals surface area contributed by atoms with Crippen molar-refractivity contribution < 1.29 is 4.79 Å². The van der Waals surface area contributed by atoms with Crippen LogP contribution in [0, 0.1) is 13.8 Å². The Morgan fingerprint density at radius 2 is 1.74 bits per heavy atom. The first-order valence-electron chi connectivity index (χ1n) is 12.3. The zero-order chi connectivity index (χ0) is 24.4. The van der Waals surface area contributed by atoms with Crippen LogP contribution in [-0.2, 0) is 13.0 Å². The SMILES string of the molecule is CCc1ccc(-n2c(CN3CCN(C(=O)Nc4cccc(C)c4C)CC3)nc3cccnc32)cc1. The molecule has 1 aliphatic heterocycles. The monoisotopic (exact) mass is 468 g/mol. The summed E-state index contributed by atoms with van der Waals surface area (Å²) in [4.78, 5) is 26.7. The summed E-state index contributed by atoms with van der Waals surface area (Å²) >= 11 is 0.